The molecule has 8 nitrogen and oxygen atoms in total. The Morgan fingerprint density at radius 3 is 2.53 bits per heavy atom. The van der Waals surface area contributed by atoms with Gasteiger partial charge in [0.1, 0.15) is 17.0 Å². The second kappa shape index (κ2) is 10.8. The number of carbonyl (C=O) groups excluding carboxylic acids is 2. The molecule has 1 aliphatic carbocycles. The van der Waals surface area contributed by atoms with Crippen molar-refractivity contribution >= 4 is 22.7 Å². The minimum Gasteiger partial charge on any atom is -0.497 e. The number of methoxy groups -OCH3 is 1. The van der Waals surface area contributed by atoms with Gasteiger partial charge in [-0.05, 0) is 38.0 Å². The van der Waals surface area contributed by atoms with Crippen LogP contribution in [0.3, 0.4) is 0 Å². The van der Waals surface area contributed by atoms with Crippen molar-refractivity contribution in [3.63, 3.8) is 0 Å². The third kappa shape index (κ3) is 4.98. The second-order valence-electron chi connectivity index (χ2n) is 10.7. The predicted molar refractivity (Wildman–Crippen MR) is 139 cm³/mol. The zero-order valence-electron chi connectivity index (χ0n) is 21.8. The molecule has 0 radical (unpaired) electrons. The lowest BCUT2D eigenvalue weighted by Crippen LogP contribution is -2.65. The fourth-order valence-corrected chi connectivity index (χ4v) is 6.01. The summed E-state index contributed by atoms with van der Waals surface area (Å²) >= 11 is 0. The Bertz CT molecular complexity index is 1080. The van der Waals surface area contributed by atoms with Crippen molar-refractivity contribution in [3.8, 4) is 5.75 Å². The van der Waals surface area contributed by atoms with Crippen molar-refractivity contribution in [2.45, 2.75) is 70.0 Å². The van der Waals surface area contributed by atoms with E-state index in [2.05, 4.69) is 10.2 Å². The maximum atomic E-state index is 14.0. The molecular formula is C28H40N4O4. The molecule has 3 aliphatic rings. The first kappa shape index (κ1) is 25.1. The van der Waals surface area contributed by atoms with Gasteiger partial charge in [0.15, 0.2) is 0 Å². The molecule has 1 saturated heterocycles. The SMILES string of the molecule is COc1ccc2cc3n(c2c1)C[C@](C)(C(=O)NC1CCCCCCC1)N(CCN1CCOCC1)C3=O. The van der Waals surface area contributed by atoms with Crippen LogP contribution in [0.25, 0.3) is 10.9 Å². The molecule has 2 aromatic rings. The molecule has 196 valence electrons. The average Bonchev–Trinajstić information content (AvgIpc) is 3.23. The van der Waals surface area contributed by atoms with Crippen molar-refractivity contribution in [3.05, 3.63) is 30.0 Å². The van der Waals surface area contributed by atoms with Crippen molar-refractivity contribution in [1.29, 1.82) is 0 Å². The van der Waals surface area contributed by atoms with E-state index >= 15 is 0 Å². The van der Waals surface area contributed by atoms with E-state index < -0.39 is 5.54 Å². The molecule has 1 aromatic carbocycles. The number of fused-ring (bicyclic) bond motifs is 3. The molecule has 3 heterocycles. The van der Waals surface area contributed by atoms with Crippen LogP contribution < -0.4 is 10.1 Å². The van der Waals surface area contributed by atoms with Gasteiger partial charge in [0.05, 0.1) is 32.4 Å². The highest BCUT2D eigenvalue weighted by molar-refractivity contribution is 6.03. The summed E-state index contributed by atoms with van der Waals surface area (Å²) in [7, 11) is 1.65. The Labute approximate surface area is 213 Å². The average molecular weight is 497 g/mol. The zero-order chi connectivity index (χ0) is 25.1. The summed E-state index contributed by atoms with van der Waals surface area (Å²) in [6.07, 6.45) is 8.07. The smallest absolute Gasteiger partial charge is 0.271 e. The van der Waals surface area contributed by atoms with Gasteiger partial charge in [-0.15, -0.1) is 0 Å². The number of nitrogens with one attached hydrogen (secondary N) is 1. The number of amides is 2. The number of hydrogen-bond donors (Lipinski definition) is 1. The summed E-state index contributed by atoms with van der Waals surface area (Å²) in [6.45, 7) is 6.74. The third-order valence-electron chi connectivity index (χ3n) is 8.31. The number of hydrogen-bond acceptors (Lipinski definition) is 5. The van der Waals surface area contributed by atoms with Crippen LogP contribution in [0, 0.1) is 0 Å². The van der Waals surface area contributed by atoms with Crippen molar-refractivity contribution < 1.29 is 19.1 Å². The first-order valence-electron chi connectivity index (χ1n) is 13.6. The van der Waals surface area contributed by atoms with Crippen molar-refractivity contribution in [2.75, 3.05) is 46.5 Å². The van der Waals surface area contributed by atoms with Gasteiger partial charge in [-0.3, -0.25) is 14.5 Å². The first-order valence-corrected chi connectivity index (χ1v) is 13.6. The Morgan fingerprint density at radius 1 is 1.08 bits per heavy atom. The molecule has 8 heteroatoms. The van der Waals surface area contributed by atoms with E-state index in [-0.39, 0.29) is 17.9 Å². The van der Waals surface area contributed by atoms with Gasteiger partial charge in [0.25, 0.3) is 5.91 Å². The fraction of sp³-hybridized carbons (Fsp3) is 0.643. The fourth-order valence-electron chi connectivity index (χ4n) is 6.01. The largest absolute Gasteiger partial charge is 0.497 e. The Hall–Kier alpha value is -2.58. The van der Waals surface area contributed by atoms with E-state index in [9.17, 15) is 9.59 Å². The molecule has 2 aliphatic heterocycles. The molecule has 0 unspecified atom stereocenters. The maximum absolute atomic E-state index is 14.0. The van der Waals surface area contributed by atoms with Crippen LogP contribution in [0.5, 0.6) is 5.75 Å². The van der Waals surface area contributed by atoms with E-state index in [1.54, 1.807) is 7.11 Å². The molecule has 1 N–H and O–H groups in total. The molecule has 0 bridgehead atoms. The highest BCUT2D eigenvalue weighted by Gasteiger charge is 2.48. The van der Waals surface area contributed by atoms with Crippen LogP contribution in [-0.4, -0.2) is 84.3 Å². The number of morpholine rings is 1. The molecule has 2 fully saturated rings. The lowest BCUT2D eigenvalue weighted by Gasteiger charge is -2.45. The number of ether oxygens (including phenoxy) is 2. The lowest BCUT2D eigenvalue weighted by molar-refractivity contribution is -0.134. The molecule has 1 aromatic heterocycles. The number of nitrogens with zero attached hydrogens (tertiary/aromatic N) is 3. The second-order valence-corrected chi connectivity index (χ2v) is 10.7. The van der Waals surface area contributed by atoms with Crippen LogP contribution in [-0.2, 0) is 16.1 Å². The third-order valence-corrected chi connectivity index (χ3v) is 8.31. The lowest BCUT2D eigenvalue weighted by atomic mass is 9.92. The minimum absolute atomic E-state index is 0.0428. The Balaban J connectivity index is 1.45. The van der Waals surface area contributed by atoms with E-state index in [1.807, 2.05) is 40.7 Å². The molecule has 1 atom stereocenters. The van der Waals surface area contributed by atoms with Crippen molar-refractivity contribution in [1.82, 2.24) is 19.7 Å². The summed E-state index contributed by atoms with van der Waals surface area (Å²) in [5, 5.41) is 4.36. The minimum atomic E-state index is -0.978. The maximum Gasteiger partial charge on any atom is 0.271 e. The Kier molecular flexibility index (Phi) is 7.53. The van der Waals surface area contributed by atoms with E-state index in [1.165, 1.54) is 19.3 Å². The number of aromatic nitrogens is 1. The summed E-state index contributed by atoms with van der Waals surface area (Å²) < 4.78 is 13.0. The molecule has 1 saturated carbocycles. The molecule has 0 spiro atoms. The molecule has 5 rings (SSSR count). The van der Waals surface area contributed by atoms with Gasteiger partial charge >= 0.3 is 0 Å². The molecular weight excluding hydrogens is 456 g/mol. The van der Waals surface area contributed by atoms with Gasteiger partial charge < -0.3 is 24.3 Å². The first-order chi connectivity index (χ1) is 17.5. The van der Waals surface area contributed by atoms with E-state index in [4.69, 9.17) is 9.47 Å². The highest BCUT2D eigenvalue weighted by atomic mass is 16.5. The topological polar surface area (TPSA) is 76.0 Å². The van der Waals surface area contributed by atoms with Crippen LogP contribution >= 0.6 is 0 Å². The number of carbonyl (C=O) groups is 2. The summed E-state index contributed by atoms with van der Waals surface area (Å²) in [6, 6.07) is 7.98. The van der Waals surface area contributed by atoms with Crippen LogP contribution in [0.2, 0.25) is 0 Å². The summed E-state index contributed by atoms with van der Waals surface area (Å²) in [5.41, 5.74) is 0.584. The number of benzene rings is 1. The van der Waals surface area contributed by atoms with Gasteiger partial charge in [-0.25, -0.2) is 0 Å². The standard InChI is InChI=1S/C28H40N4O4/c1-28(27(34)29-22-8-6-4-3-5-7-9-22)20-31-24-19-23(35-2)11-10-21(24)18-25(31)26(33)32(28)13-12-30-14-16-36-17-15-30/h10-11,18-19,22H,3-9,12-17,20H2,1-2H3,(H,29,34)/t28-/m1/s1. The number of rotatable bonds is 6. The monoisotopic (exact) mass is 496 g/mol. The van der Waals surface area contributed by atoms with Gasteiger partial charge in [-0.2, -0.15) is 0 Å². The van der Waals surface area contributed by atoms with Crippen molar-refractivity contribution in [2.24, 2.45) is 0 Å². The summed E-state index contributed by atoms with van der Waals surface area (Å²) in [5.74, 6) is 0.616. The molecule has 36 heavy (non-hydrogen) atoms. The zero-order valence-corrected chi connectivity index (χ0v) is 21.8. The highest BCUT2D eigenvalue weighted by Crippen LogP contribution is 2.34. The predicted octanol–water partition coefficient (Wildman–Crippen LogP) is 3.43. The van der Waals surface area contributed by atoms with E-state index in [0.717, 1.165) is 62.0 Å². The van der Waals surface area contributed by atoms with Crippen LogP contribution in [0.1, 0.15) is 62.4 Å². The van der Waals surface area contributed by atoms with Crippen LogP contribution in [0.15, 0.2) is 24.3 Å². The molecule has 2 amide bonds. The van der Waals surface area contributed by atoms with Crippen LogP contribution in [0.4, 0.5) is 0 Å². The normalized spacial score (nSPS) is 24.3. The van der Waals surface area contributed by atoms with E-state index in [0.29, 0.717) is 32.0 Å². The van der Waals surface area contributed by atoms with Gasteiger partial charge in [-0.1, -0.05) is 32.1 Å². The van der Waals surface area contributed by atoms with Gasteiger partial charge in [0, 0.05) is 43.7 Å². The quantitative estimate of drug-likeness (QED) is 0.663. The summed E-state index contributed by atoms with van der Waals surface area (Å²) in [4.78, 5) is 32.1. The Morgan fingerprint density at radius 2 is 1.81 bits per heavy atom. The van der Waals surface area contributed by atoms with Gasteiger partial charge in [0.2, 0.25) is 5.91 Å².